The number of carbonyl (C=O) groups excluding carboxylic acids is 2. The van der Waals surface area contributed by atoms with Gasteiger partial charge in [-0.15, -0.1) is 0 Å². The quantitative estimate of drug-likeness (QED) is 0.508. The summed E-state index contributed by atoms with van der Waals surface area (Å²) >= 11 is 7.44. The number of nitrogens with zero attached hydrogens (tertiary/aromatic N) is 3. The number of ether oxygens (including phenoxy) is 2. The van der Waals surface area contributed by atoms with Gasteiger partial charge in [-0.3, -0.25) is 10.1 Å². The van der Waals surface area contributed by atoms with Crippen LogP contribution in [-0.4, -0.2) is 74.5 Å². The Morgan fingerprint density at radius 2 is 1.80 bits per heavy atom. The molecule has 0 aliphatic carbocycles. The number of sulfonamides is 1. The first-order valence-corrected chi connectivity index (χ1v) is 13.3. The number of nitrogens with one attached hydrogen (secondary N) is 1. The number of benzene rings is 2. The van der Waals surface area contributed by atoms with Crippen LogP contribution in [0, 0.1) is 0 Å². The van der Waals surface area contributed by atoms with Gasteiger partial charge in [0.2, 0.25) is 10.0 Å². The lowest BCUT2D eigenvalue weighted by molar-refractivity contribution is 0.0933. The summed E-state index contributed by atoms with van der Waals surface area (Å²) in [6, 6.07) is 9.06. The molecule has 4 rings (SSSR count). The zero-order valence-electron chi connectivity index (χ0n) is 19.0. The fraction of sp³-hybridized carbons (Fsp3) is 0.318. The molecule has 2 heterocycles. The third-order valence-electron chi connectivity index (χ3n) is 5.42. The molecule has 186 valence electrons. The third kappa shape index (κ3) is 5.20. The van der Waals surface area contributed by atoms with E-state index in [1.165, 1.54) is 51.9 Å². The lowest BCUT2D eigenvalue weighted by atomic mass is 10.2. The van der Waals surface area contributed by atoms with Gasteiger partial charge in [-0.25, -0.2) is 18.2 Å². The number of fused-ring (bicyclic) bond motifs is 1. The van der Waals surface area contributed by atoms with Crippen LogP contribution in [0.3, 0.4) is 0 Å². The number of thiazole rings is 1. The van der Waals surface area contributed by atoms with Crippen molar-refractivity contribution < 1.29 is 27.5 Å². The Bertz CT molecular complexity index is 1350. The third-order valence-corrected chi connectivity index (χ3v) is 8.76. The van der Waals surface area contributed by atoms with Crippen LogP contribution in [0.5, 0.6) is 5.75 Å². The van der Waals surface area contributed by atoms with E-state index in [1.807, 2.05) is 0 Å². The minimum atomic E-state index is -3.77. The molecule has 3 aromatic rings. The van der Waals surface area contributed by atoms with E-state index in [-0.39, 0.29) is 43.2 Å². The minimum absolute atomic E-state index is 0.0649. The van der Waals surface area contributed by atoms with Crippen LogP contribution in [0.1, 0.15) is 17.3 Å². The molecule has 10 nitrogen and oxygen atoms in total. The van der Waals surface area contributed by atoms with E-state index in [0.29, 0.717) is 26.1 Å². The van der Waals surface area contributed by atoms with Gasteiger partial charge in [0, 0.05) is 31.7 Å². The van der Waals surface area contributed by atoms with Crippen molar-refractivity contribution >= 4 is 60.3 Å². The van der Waals surface area contributed by atoms with Gasteiger partial charge in [0.25, 0.3) is 5.91 Å². The van der Waals surface area contributed by atoms with E-state index in [1.54, 1.807) is 19.1 Å². The summed E-state index contributed by atoms with van der Waals surface area (Å²) in [5.74, 6) is 0.102. The number of piperazine rings is 1. The molecule has 1 fully saturated rings. The van der Waals surface area contributed by atoms with Crippen molar-refractivity contribution in [3.05, 3.63) is 47.0 Å². The molecule has 0 bridgehead atoms. The average molecular weight is 539 g/mol. The van der Waals surface area contributed by atoms with Crippen LogP contribution in [0.15, 0.2) is 41.3 Å². The Morgan fingerprint density at radius 1 is 1.11 bits per heavy atom. The molecule has 0 spiro atoms. The van der Waals surface area contributed by atoms with Crippen molar-refractivity contribution in [2.45, 2.75) is 11.8 Å². The maximum atomic E-state index is 13.0. The summed E-state index contributed by atoms with van der Waals surface area (Å²) < 4.78 is 38.3. The van der Waals surface area contributed by atoms with Crippen molar-refractivity contribution in [3.8, 4) is 5.75 Å². The first kappa shape index (κ1) is 25.2. The number of methoxy groups -OCH3 is 1. The van der Waals surface area contributed by atoms with Crippen LogP contribution >= 0.6 is 22.9 Å². The summed E-state index contributed by atoms with van der Waals surface area (Å²) in [5.41, 5.74) is 0.818. The summed E-state index contributed by atoms with van der Waals surface area (Å²) in [6.45, 7) is 2.79. The zero-order chi connectivity index (χ0) is 25.2. The first-order valence-electron chi connectivity index (χ1n) is 10.7. The zero-order valence-corrected chi connectivity index (χ0v) is 21.4. The van der Waals surface area contributed by atoms with E-state index >= 15 is 0 Å². The van der Waals surface area contributed by atoms with Gasteiger partial charge in [0.05, 0.1) is 28.3 Å². The largest absolute Gasteiger partial charge is 0.494 e. The SMILES string of the molecule is CCOC(=O)N1CCN(S(=O)(=O)c2ccc(C(=O)Nc3nc4c(OC)ccc(Cl)c4s3)cc2)CC1. The molecule has 1 aromatic heterocycles. The average Bonchev–Trinajstić information content (AvgIpc) is 3.29. The molecule has 1 aliphatic heterocycles. The molecular formula is C22H23ClN4O6S2. The van der Waals surface area contributed by atoms with Gasteiger partial charge in [0.15, 0.2) is 5.13 Å². The number of rotatable bonds is 6. The molecule has 1 saturated heterocycles. The second-order valence-corrected chi connectivity index (χ2v) is 10.9. The van der Waals surface area contributed by atoms with Crippen LogP contribution in [0.4, 0.5) is 9.93 Å². The van der Waals surface area contributed by atoms with Crippen molar-refractivity contribution in [1.82, 2.24) is 14.2 Å². The maximum Gasteiger partial charge on any atom is 0.409 e. The number of carbonyl (C=O) groups is 2. The molecule has 0 radical (unpaired) electrons. The van der Waals surface area contributed by atoms with Crippen LogP contribution in [0.25, 0.3) is 10.2 Å². The Kier molecular flexibility index (Phi) is 7.45. The molecular weight excluding hydrogens is 516 g/mol. The summed E-state index contributed by atoms with van der Waals surface area (Å²) in [4.78, 5) is 30.5. The predicted octanol–water partition coefficient (Wildman–Crippen LogP) is 3.67. The standard InChI is InChI=1S/C22H23ClN4O6S2/c1-3-33-22(29)26-10-12-27(13-11-26)35(30,31)15-6-4-14(5-7-15)20(28)25-21-24-18-17(32-2)9-8-16(23)19(18)34-21/h4-9H,3,10-13H2,1-2H3,(H,24,25,28). The van der Waals surface area contributed by atoms with Gasteiger partial charge < -0.3 is 14.4 Å². The molecule has 1 aliphatic rings. The lowest BCUT2D eigenvalue weighted by Gasteiger charge is -2.33. The maximum absolute atomic E-state index is 13.0. The number of aromatic nitrogens is 1. The summed E-state index contributed by atoms with van der Waals surface area (Å²) in [6.07, 6.45) is -0.450. The molecule has 1 N–H and O–H groups in total. The molecule has 2 amide bonds. The molecule has 0 saturated carbocycles. The van der Waals surface area contributed by atoms with Gasteiger partial charge >= 0.3 is 6.09 Å². The van der Waals surface area contributed by atoms with Crippen molar-refractivity contribution in [2.75, 3.05) is 45.2 Å². The summed E-state index contributed by atoms with van der Waals surface area (Å²) in [7, 11) is -2.25. The molecule has 0 atom stereocenters. The van der Waals surface area contributed by atoms with E-state index in [4.69, 9.17) is 21.1 Å². The second-order valence-electron chi connectivity index (χ2n) is 7.51. The van der Waals surface area contributed by atoms with Gasteiger partial charge in [0.1, 0.15) is 11.3 Å². The van der Waals surface area contributed by atoms with E-state index < -0.39 is 22.0 Å². The Morgan fingerprint density at radius 3 is 2.43 bits per heavy atom. The highest BCUT2D eigenvalue weighted by molar-refractivity contribution is 7.89. The highest BCUT2D eigenvalue weighted by atomic mass is 35.5. The van der Waals surface area contributed by atoms with Gasteiger partial charge in [-0.1, -0.05) is 22.9 Å². The normalized spacial score (nSPS) is 14.7. The highest BCUT2D eigenvalue weighted by Crippen LogP contribution is 2.37. The number of amides is 2. The van der Waals surface area contributed by atoms with Crippen molar-refractivity contribution in [3.63, 3.8) is 0 Å². The number of halogens is 1. The van der Waals surface area contributed by atoms with Crippen molar-refractivity contribution in [2.24, 2.45) is 0 Å². The number of hydrogen-bond acceptors (Lipinski definition) is 8. The van der Waals surface area contributed by atoms with Crippen LogP contribution in [-0.2, 0) is 14.8 Å². The predicted molar refractivity (Wildman–Crippen MR) is 133 cm³/mol. The molecule has 13 heteroatoms. The smallest absolute Gasteiger partial charge is 0.409 e. The van der Waals surface area contributed by atoms with Crippen LogP contribution < -0.4 is 10.1 Å². The lowest BCUT2D eigenvalue weighted by Crippen LogP contribution is -2.50. The van der Waals surface area contributed by atoms with E-state index in [0.717, 1.165) is 0 Å². The van der Waals surface area contributed by atoms with Crippen LogP contribution in [0.2, 0.25) is 5.02 Å². The monoisotopic (exact) mass is 538 g/mol. The Hall–Kier alpha value is -2.93. The first-order chi connectivity index (χ1) is 16.7. The van der Waals surface area contributed by atoms with Gasteiger partial charge in [-0.05, 0) is 43.3 Å². The number of hydrogen-bond donors (Lipinski definition) is 1. The Balaban J connectivity index is 1.44. The molecule has 0 unspecified atom stereocenters. The fourth-order valence-electron chi connectivity index (χ4n) is 3.59. The fourth-order valence-corrected chi connectivity index (χ4v) is 6.17. The second kappa shape index (κ2) is 10.4. The minimum Gasteiger partial charge on any atom is -0.494 e. The van der Waals surface area contributed by atoms with E-state index in [2.05, 4.69) is 10.3 Å². The highest BCUT2D eigenvalue weighted by Gasteiger charge is 2.30. The van der Waals surface area contributed by atoms with E-state index in [9.17, 15) is 18.0 Å². The summed E-state index contributed by atoms with van der Waals surface area (Å²) in [5, 5.41) is 3.56. The molecule has 2 aromatic carbocycles. The Labute approximate surface area is 211 Å². The molecule has 35 heavy (non-hydrogen) atoms. The van der Waals surface area contributed by atoms with Crippen molar-refractivity contribution in [1.29, 1.82) is 0 Å². The topological polar surface area (TPSA) is 118 Å². The van der Waals surface area contributed by atoms with Gasteiger partial charge in [-0.2, -0.15) is 4.31 Å². The number of anilines is 1.